The summed E-state index contributed by atoms with van der Waals surface area (Å²) in [5.41, 5.74) is 4.44. The average Bonchev–Trinajstić information content (AvgIpc) is 3.39. The number of hydrogen-bond acceptors (Lipinski definition) is 5. The van der Waals surface area contributed by atoms with Crippen molar-refractivity contribution in [3.63, 3.8) is 0 Å². The number of Topliss-reactive ketones (excluding diaryl/α,β-unsaturated/α-hetero) is 1. The van der Waals surface area contributed by atoms with Crippen LogP contribution >= 0.6 is 11.3 Å². The third kappa shape index (κ3) is 12.8. The zero-order valence-corrected chi connectivity index (χ0v) is 26.6. The number of nitrogens with one attached hydrogen (secondary N) is 1. The van der Waals surface area contributed by atoms with Crippen LogP contribution in [0.2, 0.25) is 0 Å². The minimum Gasteiger partial charge on any atom is -0.493 e. The molecule has 0 bridgehead atoms. The smallest absolute Gasteiger partial charge is 0.262 e. The Bertz CT molecular complexity index is 1220. The molecule has 0 aliphatic rings. The molecule has 1 aromatic heterocycles. The standard InChI is InChI=1S/C35H48N2O4S/c1-4-5-6-7-8-9-10-11-12-13-14-15-22-40-34-21-20-32(23-33(34)29(3)38)41-26-35(39)36-31-18-16-30(17-19-31)25-37-24-28(2)42-27-37/h16-21,23-24,27H,4-15,22,25-26H2,1-3H3/p+1. The van der Waals surface area contributed by atoms with Crippen LogP contribution in [0.25, 0.3) is 0 Å². The monoisotopic (exact) mass is 593 g/mol. The number of unbranched alkanes of at least 4 members (excludes halogenated alkanes) is 11. The van der Waals surface area contributed by atoms with Crippen LogP contribution < -0.4 is 19.4 Å². The van der Waals surface area contributed by atoms with Gasteiger partial charge in [-0.3, -0.25) is 9.59 Å². The summed E-state index contributed by atoms with van der Waals surface area (Å²) in [5, 5.41) is 2.86. The lowest BCUT2D eigenvalue weighted by Crippen LogP contribution is -2.30. The number of rotatable bonds is 21. The average molecular weight is 594 g/mol. The highest BCUT2D eigenvalue weighted by atomic mass is 32.1. The maximum absolute atomic E-state index is 12.5. The summed E-state index contributed by atoms with van der Waals surface area (Å²) < 4.78 is 13.8. The molecule has 0 fully saturated rings. The molecule has 6 nitrogen and oxygen atoms in total. The molecule has 0 aliphatic heterocycles. The van der Waals surface area contributed by atoms with E-state index in [1.165, 1.54) is 76.0 Å². The van der Waals surface area contributed by atoms with Crippen LogP contribution in [-0.2, 0) is 11.3 Å². The molecule has 0 saturated carbocycles. The first-order valence-corrected chi connectivity index (χ1v) is 16.6. The van der Waals surface area contributed by atoms with Gasteiger partial charge in [0.1, 0.15) is 11.5 Å². The van der Waals surface area contributed by atoms with Crippen molar-refractivity contribution in [1.29, 1.82) is 0 Å². The van der Waals surface area contributed by atoms with Gasteiger partial charge in [0, 0.05) is 11.3 Å². The summed E-state index contributed by atoms with van der Waals surface area (Å²) in [7, 11) is 0. The number of carbonyl (C=O) groups is 2. The molecular weight excluding hydrogens is 544 g/mol. The lowest BCUT2D eigenvalue weighted by atomic mass is 10.1. The lowest BCUT2D eigenvalue weighted by molar-refractivity contribution is -0.683. The van der Waals surface area contributed by atoms with Gasteiger partial charge in [0.2, 0.25) is 5.51 Å². The highest BCUT2D eigenvalue weighted by Crippen LogP contribution is 2.25. The number of benzene rings is 2. The second kappa shape index (κ2) is 19.1. The Kier molecular flexibility index (Phi) is 15.1. The van der Waals surface area contributed by atoms with Crippen LogP contribution in [0.1, 0.15) is 112 Å². The molecule has 0 atom stereocenters. The Morgan fingerprint density at radius 3 is 2.07 bits per heavy atom. The molecule has 2 aromatic carbocycles. The van der Waals surface area contributed by atoms with E-state index in [-0.39, 0.29) is 18.3 Å². The van der Waals surface area contributed by atoms with E-state index in [2.05, 4.69) is 35.4 Å². The van der Waals surface area contributed by atoms with Crippen molar-refractivity contribution in [2.24, 2.45) is 0 Å². The lowest BCUT2D eigenvalue weighted by Gasteiger charge is -2.13. The number of thiazole rings is 1. The molecule has 42 heavy (non-hydrogen) atoms. The van der Waals surface area contributed by atoms with Crippen molar-refractivity contribution in [3.05, 3.63) is 70.2 Å². The summed E-state index contributed by atoms with van der Waals surface area (Å²) in [6.07, 6.45) is 17.6. The van der Waals surface area contributed by atoms with Crippen molar-refractivity contribution >= 4 is 28.7 Å². The first-order valence-electron chi connectivity index (χ1n) is 15.7. The molecule has 3 rings (SSSR count). The predicted octanol–water partition coefficient (Wildman–Crippen LogP) is 8.69. The van der Waals surface area contributed by atoms with E-state index in [1.54, 1.807) is 29.5 Å². The summed E-state index contributed by atoms with van der Waals surface area (Å²) in [5.74, 6) is 0.678. The van der Waals surface area contributed by atoms with E-state index in [0.717, 1.165) is 24.9 Å². The van der Waals surface area contributed by atoms with Gasteiger partial charge < -0.3 is 14.8 Å². The Hall–Kier alpha value is -3.19. The van der Waals surface area contributed by atoms with Gasteiger partial charge in [-0.25, -0.2) is 0 Å². The molecule has 1 N–H and O–H groups in total. The molecule has 0 unspecified atom stereocenters. The number of ether oxygens (including phenoxy) is 2. The van der Waals surface area contributed by atoms with Gasteiger partial charge in [-0.15, -0.1) is 0 Å². The van der Waals surface area contributed by atoms with E-state index >= 15 is 0 Å². The fourth-order valence-electron chi connectivity index (χ4n) is 4.90. The second-order valence-electron chi connectivity index (χ2n) is 11.1. The molecule has 0 radical (unpaired) electrons. The molecule has 3 aromatic rings. The zero-order valence-electron chi connectivity index (χ0n) is 25.8. The Morgan fingerprint density at radius 2 is 1.48 bits per heavy atom. The number of amides is 1. The first-order chi connectivity index (χ1) is 20.4. The number of aryl methyl sites for hydroxylation is 1. The maximum Gasteiger partial charge on any atom is 0.262 e. The third-order valence-corrected chi connectivity index (χ3v) is 8.13. The van der Waals surface area contributed by atoms with E-state index < -0.39 is 0 Å². The highest BCUT2D eigenvalue weighted by molar-refractivity contribution is 7.09. The van der Waals surface area contributed by atoms with Gasteiger partial charge in [-0.2, -0.15) is 4.57 Å². The van der Waals surface area contributed by atoms with Crippen LogP contribution in [0.15, 0.2) is 54.2 Å². The second-order valence-corrected chi connectivity index (χ2v) is 12.2. The molecule has 0 saturated heterocycles. The van der Waals surface area contributed by atoms with Crippen molar-refractivity contribution in [1.82, 2.24) is 0 Å². The number of aromatic nitrogens is 1. The zero-order chi connectivity index (χ0) is 30.0. The van der Waals surface area contributed by atoms with Crippen LogP contribution in [0, 0.1) is 6.92 Å². The van der Waals surface area contributed by atoms with Gasteiger partial charge in [0.05, 0.1) is 17.0 Å². The molecule has 0 aliphatic carbocycles. The summed E-state index contributed by atoms with van der Waals surface area (Å²) in [4.78, 5) is 26.0. The van der Waals surface area contributed by atoms with Crippen LogP contribution in [0.3, 0.4) is 0 Å². The van der Waals surface area contributed by atoms with Crippen molar-refractivity contribution in [2.45, 2.75) is 104 Å². The third-order valence-electron chi connectivity index (χ3n) is 7.28. The quantitative estimate of drug-likeness (QED) is 0.0762. The molecule has 7 heteroatoms. The number of anilines is 1. The fraction of sp³-hybridized carbons (Fsp3) is 0.514. The predicted molar refractivity (Wildman–Crippen MR) is 172 cm³/mol. The number of carbonyl (C=O) groups excluding carboxylic acids is 2. The first kappa shape index (κ1) is 33.3. The van der Waals surface area contributed by atoms with E-state index in [4.69, 9.17) is 9.47 Å². The van der Waals surface area contributed by atoms with Gasteiger partial charge in [-0.05, 0) is 50.6 Å². The van der Waals surface area contributed by atoms with Crippen molar-refractivity contribution in [3.8, 4) is 11.5 Å². The number of ketones is 1. The van der Waals surface area contributed by atoms with Gasteiger partial charge in [0.15, 0.2) is 25.1 Å². The summed E-state index contributed by atoms with van der Waals surface area (Å²) in [6, 6.07) is 13.0. The Labute approximate surface area is 256 Å². The van der Waals surface area contributed by atoms with E-state index in [0.29, 0.717) is 29.4 Å². The molecule has 0 spiro atoms. The fourth-order valence-corrected chi connectivity index (χ4v) is 5.54. The SMILES string of the molecule is CCCCCCCCCCCCCCOc1ccc(OCC(=O)Nc2ccc(C[n+]3csc(C)c3)cc2)cc1C(C)=O. The molecule has 1 heterocycles. The Balaban J connectivity index is 1.33. The molecule has 228 valence electrons. The van der Waals surface area contributed by atoms with Gasteiger partial charge >= 0.3 is 0 Å². The highest BCUT2D eigenvalue weighted by Gasteiger charge is 2.12. The largest absolute Gasteiger partial charge is 0.493 e. The van der Waals surface area contributed by atoms with Crippen LogP contribution in [0.5, 0.6) is 11.5 Å². The van der Waals surface area contributed by atoms with Gasteiger partial charge in [0.25, 0.3) is 5.91 Å². The van der Waals surface area contributed by atoms with Crippen LogP contribution in [0.4, 0.5) is 5.69 Å². The molecular formula is C35H49N2O4S+. The molecule has 1 amide bonds. The summed E-state index contributed by atoms with van der Waals surface area (Å²) >= 11 is 1.72. The maximum atomic E-state index is 12.5. The van der Waals surface area contributed by atoms with Crippen molar-refractivity contribution in [2.75, 3.05) is 18.5 Å². The van der Waals surface area contributed by atoms with Crippen molar-refractivity contribution < 1.29 is 23.6 Å². The Morgan fingerprint density at radius 1 is 0.833 bits per heavy atom. The van der Waals surface area contributed by atoms with E-state index in [9.17, 15) is 9.59 Å². The summed E-state index contributed by atoms with van der Waals surface area (Å²) in [6.45, 7) is 7.10. The topological polar surface area (TPSA) is 68.5 Å². The minimum absolute atomic E-state index is 0.0922. The van der Waals surface area contributed by atoms with Crippen LogP contribution in [-0.4, -0.2) is 24.9 Å². The minimum atomic E-state index is -0.262. The normalized spacial score (nSPS) is 10.9. The number of nitrogens with zero attached hydrogens (tertiary/aromatic N) is 1. The van der Waals surface area contributed by atoms with Gasteiger partial charge in [-0.1, -0.05) is 101 Å². The van der Waals surface area contributed by atoms with E-state index in [1.807, 2.05) is 24.3 Å². The number of hydrogen-bond donors (Lipinski definition) is 1.